The predicted octanol–water partition coefficient (Wildman–Crippen LogP) is 4.84. The van der Waals surface area contributed by atoms with Crippen LogP contribution in [0.2, 0.25) is 0 Å². The Hall–Kier alpha value is -3.00. The number of para-hydroxylation sites is 1. The molecule has 1 aromatic carbocycles. The third-order valence-electron chi connectivity index (χ3n) is 4.88. The fourth-order valence-corrected chi connectivity index (χ4v) is 3.48. The highest BCUT2D eigenvalue weighted by molar-refractivity contribution is 5.86. The molecule has 0 saturated carbocycles. The van der Waals surface area contributed by atoms with Crippen molar-refractivity contribution in [3.05, 3.63) is 108 Å². The quantitative estimate of drug-likeness (QED) is 0.767. The van der Waals surface area contributed by atoms with Gasteiger partial charge in [-0.2, -0.15) is 0 Å². The molecule has 0 amide bonds. The van der Waals surface area contributed by atoms with Crippen LogP contribution in [0, 0.1) is 0 Å². The maximum Gasteiger partial charge on any atom is 0.0726 e. The SMILES string of the molecule is CN1C=C/C(=C\C=C\C2=C3C=CC=CC3N(C)C=C2)c2ccccc21. The summed E-state index contributed by atoms with van der Waals surface area (Å²) in [6, 6.07) is 8.85. The third kappa shape index (κ3) is 2.91. The largest absolute Gasteiger partial charge is 0.370 e. The summed E-state index contributed by atoms with van der Waals surface area (Å²) in [7, 11) is 4.20. The van der Waals surface area contributed by atoms with Crippen LogP contribution in [-0.2, 0) is 0 Å². The van der Waals surface area contributed by atoms with E-state index in [1.165, 1.54) is 28.0 Å². The topological polar surface area (TPSA) is 6.48 Å². The highest BCUT2D eigenvalue weighted by atomic mass is 15.1. The van der Waals surface area contributed by atoms with Gasteiger partial charge in [0.25, 0.3) is 0 Å². The minimum atomic E-state index is 0.339. The Labute approximate surface area is 149 Å². The number of likely N-dealkylation sites (N-methyl/N-ethyl adjacent to an activating group) is 1. The summed E-state index contributed by atoms with van der Waals surface area (Å²) >= 11 is 0. The van der Waals surface area contributed by atoms with Gasteiger partial charge in [0.15, 0.2) is 0 Å². The molecular formula is C23H22N2. The van der Waals surface area contributed by atoms with Crippen LogP contribution in [0.3, 0.4) is 0 Å². The Bertz CT molecular complexity index is 890. The van der Waals surface area contributed by atoms with Gasteiger partial charge in [0, 0.05) is 37.7 Å². The van der Waals surface area contributed by atoms with Crippen molar-refractivity contribution in [2.24, 2.45) is 0 Å². The maximum atomic E-state index is 2.24. The minimum Gasteiger partial charge on any atom is -0.370 e. The second-order valence-electron chi connectivity index (χ2n) is 6.51. The van der Waals surface area contributed by atoms with Crippen molar-refractivity contribution in [1.82, 2.24) is 4.90 Å². The molecule has 0 radical (unpaired) electrons. The molecule has 0 N–H and O–H groups in total. The number of benzene rings is 1. The van der Waals surface area contributed by atoms with Crippen molar-refractivity contribution < 1.29 is 0 Å². The molecule has 2 nitrogen and oxygen atoms in total. The van der Waals surface area contributed by atoms with E-state index in [2.05, 4.69) is 115 Å². The van der Waals surface area contributed by atoms with Gasteiger partial charge in [-0.15, -0.1) is 0 Å². The third-order valence-corrected chi connectivity index (χ3v) is 4.88. The molecule has 0 saturated heterocycles. The predicted molar refractivity (Wildman–Crippen MR) is 107 cm³/mol. The number of allylic oxidation sites excluding steroid dienone is 9. The first-order chi connectivity index (χ1) is 12.2. The Morgan fingerprint density at radius 3 is 2.76 bits per heavy atom. The lowest BCUT2D eigenvalue weighted by atomic mass is 9.92. The second-order valence-corrected chi connectivity index (χ2v) is 6.51. The monoisotopic (exact) mass is 326 g/mol. The summed E-state index contributed by atoms with van der Waals surface area (Å²) in [5, 5.41) is 0. The lowest BCUT2D eigenvalue weighted by Crippen LogP contribution is -2.30. The van der Waals surface area contributed by atoms with E-state index in [9.17, 15) is 0 Å². The number of hydrogen-bond donors (Lipinski definition) is 0. The van der Waals surface area contributed by atoms with Gasteiger partial charge in [-0.05, 0) is 34.9 Å². The first kappa shape index (κ1) is 15.5. The van der Waals surface area contributed by atoms with Crippen molar-refractivity contribution in [2.45, 2.75) is 6.04 Å². The molecule has 0 spiro atoms. The zero-order chi connectivity index (χ0) is 17.2. The molecule has 1 atom stereocenters. The van der Waals surface area contributed by atoms with Gasteiger partial charge >= 0.3 is 0 Å². The molecule has 1 aliphatic carbocycles. The standard InChI is InChI=1S/C23H22N2/c1-24-16-14-18(20-10-3-5-12-22(20)24)8-7-9-19-15-17-25(2)23-13-6-4-11-21(19)23/h3-17,22H,1-2H3/b8-7+,19-9+. The number of rotatable bonds is 2. The minimum absolute atomic E-state index is 0.339. The van der Waals surface area contributed by atoms with Crippen molar-refractivity contribution in [2.75, 3.05) is 19.0 Å². The Balaban J connectivity index is 1.64. The van der Waals surface area contributed by atoms with Gasteiger partial charge in [-0.3, -0.25) is 0 Å². The first-order valence-corrected chi connectivity index (χ1v) is 8.62. The normalized spacial score (nSPS) is 23.0. The molecule has 3 aliphatic rings. The zero-order valence-electron chi connectivity index (χ0n) is 14.6. The Kier molecular flexibility index (Phi) is 4.02. The van der Waals surface area contributed by atoms with Gasteiger partial charge < -0.3 is 9.80 Å². The molecular weight excluding hydrogens is 304 g/mol. The van der Waals surface area contributed by atoms with Crippen LogP contribution >= 0.6 is 0 Å². The molecule has 4 rings (SSSR count). The molecule has 0 bridgehead atoms. The molecule has 2 heterocycles. The summed E-state index contributed by atoms with van der Waals surface area (Å²) in [6.07, 6.45) is 23.8. The molecule has 0 fully saturated rings. The van der Waals surface area contributed by atoms with E-state index in [1.54, 1.807) is 0 Å². The van der Waals surface area contributed by atoms with Crippen molar-refractivity contribution in [3.8, 4) is 0 Å². The number of fused-ring (bicyclic) bond motifs is 2. The summed E-state index contributed by atoms with van der Waals surface area (Å²) in [5.41, 5.74) is 6.37. The van der Waals surface area contributed by atoms with Gasteiger partial charge in [0.05, 0.1) is 6.04 Å². The maximum absolute atomic E-state index is 2.24. The fourth-order valence-electron chi connectivity index (χ4n) is 3.48. The van der Waals surface area contributed by atoms with Crippen molar-refractivity contribution in [3.63, 3.8) is 0 Å². The molecule has 25 heavy (non-hydrogen) atoms. The average Bonchev–Trinajstić information content (AvgIpc) is 2.66. The van der Waals surface area contributed by atoms with Gasteiger partial charge in [-0.25, -0.2) is 0 Å². The van der Waals surface area contributed by atoms with E-state index >= 15 is 0 Å². The Morgan fingerprint density at radius 2 is 1.84 bits per heavy atom. The van der Waals surface area contributed by atoms with E-state index in [0.29, 0.717) is 6.04 Å². The van der Waals surface area contributed by atoms with Crippen molar-refractivity contribution in [1.29, 1.82) is 0 Å². The van der Waals surface area contributed by atoms with E-state index < -0.39 is 0 Å². The zero-order valence-corrected chi connectivity index (χ0v) is 14.6. The molecule has 0 aromatic heterocycles. The smallest absolute Gasteiger partial charge is 0.0726 e. The molecule has 2 aliphatic heterocycles. The number of nitrogens with zero attached hydrogens (tertiary/aromatic N) is 2. The van der Waals surface area contributed by atoms with Crippen LogP contribution in [0.25, 0.3) is 5.57 Å². The fraction of sp³-hybridized carbons (Fsp3) is 0.130. The summed E-state index contributed by atoms with van der Waals surface area (Å²) in [5.74, 6) is 0. The van der Waals surface area contributed by atoms with Crippen molar-refractivity contribution >= 4 is 11.3 Å². The highest BCUT2D eigenvalue weighted by Crippen LogP contribution is 2.32. The summed E-state index contributed by atoms with van der Waals surface area (Å²) in [4.78, 5) is 4.39. The van der Waals surface area contributed by atoms with E-state index in [1.807, 2.05) is 0 Å². The molecule has 1 aromatic rings. The Morgan fingerprint density at radius 1 is 0.960 bits per heavy atom. The van der Waals surface area contributed by atoms with Crippen LogP contribution in [0.15, 0.2) is 102 Å². The van der Waals surface area contributed by atoms with E-state index in [4.69, 9.17) is 0 Å². The second kappa shape index (κ2) is 6.48. The van der Waals surface area contributed by atoms with E-state index in [-0.39, 0.29) is 0 Å². The number of hydrogen-bond acceptors (Lipinski definition) is 2. The van der Waals surface area contributed by atoms with Gasteiger partial charge in [-0.1, -0.05) is 60.7 Å². The molecule has 2 heteroatoms. The van der Waals surface area contributed by atoms with Gasteiger partial charge in [0.1, 0.15) is 0 Å². The van der Waals surface area contributed by atoms with Crippen LogP contribution < -0.4 is 4.90 Å². The first-order valence-electron chi connectivity index (χ1n) is 8.62. The van der Waals surface area contributed by atoms with E-state index in [0.717, 1.165) is 0 Å². The summed E-state index contributed by atoms with van der Waals surface area (Å²) in [6.45, 7) is 0. The molecule has 124 valence electrons. The lowest BCUT2D eigenvalue weighted by Gasteiger charge is -2.31. The lowest BCUT2D eigenvalue weighted by molar-refractivity contribution is 0.420. The van der Waals surface area contributed by atoms with Crippen LogP contribution in [0.5, 0.6) is 0 Å². The van der Waals surface area contributed by atoms with Crippen LogP contribution in [0.4, 0.5) is 5.69 Å². The highest BCUT2D eigenvalue weighted by Gasteiger charge is 2.19. The number of anilines is 1. The molecule has 1 unspecified atom stereocenters. The van der Waals surface area contributed by atoms with Crippen LogP contribution in [0.1, 0.15) is 5.56 Å². The van der Waals surface area contributed by atoms with Gasteiger partial charge in [0.2, 0.25) is 0 Å². The van der Waals surface area contributed by atoms with Crippen LogP contribution in [-0.4, -0.2) is 25.0 Å². The average molecular weight is 326 g/mol. The summed E-state index contributed by atoms with van der Waals surface area (Å²) < 4.78 is 0.